The molecule has 0 heterocycles. The van der Waals surface area contributed by atoms with E-state index < -0.39 is 0 Å². The van der Waals surface area contributed by atoms with Crippen LogP contribution in [0.5, 0.6) is 0 Å². The van der Waals surface area contributed by atoms with E-state index in [9.17, 15) is 14.4 Å². The molecule has 0 aliphatic heterocycles. The van der Waals surface area contributed by atoms with Gasteiger partial charge in [-0.15, -0.1) is 0 Å². The number of halogens is 1. The molecule has 1 aromatic carbocycles. The molecule has 1 aromatic rings. The Morgan fingerprint density at radius 2 is 1.73 bits per heavy atom. The van der Waals surface area contributed by atoms with Crippen LogP contribution >= 0.6 is 11.6 Å². The molecular weight excluding hydrogens is 436 g/mol. The lowest BCUT2D eigenvalue weighted by Gasteiger charge is -2.57. The molecule has 4 nitrogen and oxygen atoms in total. The molecule has 5 rings (SSSR count). The second kappa shape index (κ2) is 7.94. The van der Waals surface area contributed by atoms with E-state index in [0.717, 1.165) is 36.8 Å². The number of fused-ring (bicyclic) bond motifs is 5. The van der Waals surface area contributed by atoms with Crippen molar-refractivity contribution in [1.29, 1.82) is 0 Å². The van der Waals surface area contributed by atoms with Gasteiger partial charge >= 0.3 is 5.97 Å². The summed E-state index contributed by atoms with van der Waals surface area (Å²) in [5.74, 6) is 1.06. The van der Waals surface area contributed by atoms with E-state index in [1.807, 2.05) is 6.08 Å². The summed E-state index contributed by atoms with van der Waals surface area (Å²) in [4.78, 5) is 38.3. The molecule has 174 valence electrons. The van der Waals surface area contributed by atoms with Gasteiger partial charge in [-0.25, -0.2) is 4.79 Å². The fourth-order valence-electron chi connectivity index (χ4n) is 7.52. The van der Waals surface area contributed by atoms with Gasteiger partial charge in [-0.2, -0.15) is 0 Å². The third kappa shape index (κ3) is 3.53. The normalized spacial score (nSPS) is 37.3. The topological polar surface area (TPSA) is 60.4 Å². The minimum atomic E-state index is -0.388. The van der Waals surface area contributed by atoms with Crippen molar-refractivity contribution in [2.75, 3.05) is 0 Å². The van der Waals surface area contributed by atoms with Gasteiger partial charge in [0, 0.05) is 17.0 Å². The van der Waals surface area contributed by atoms with Crippen molar-refractivity contribution in [1.82, 2.24) is 0 Å². The highest BCUT2D eigenvalue weighted by Crippen LogP contribution is 2.64. The summed E-state index contributed by atoms with van der Waals surface area (Å²) >= 11 is 5.92. The first-order valence-corrected chi connectivity index (χ1v) is 12.4. The lowest BCUT2D eigenvalue weighted by Crippen LogP contribution is -2.53. The lowest BCUT2D eigenvalue weighted by atomic mass is 9.46. The third-order valence-corrected chi connectivity index (χ3v) is 9.44. The molecule has 6 atom stereocenters. The Balaban J connectivity index is 1.37. The van der Waals surface area contributed by atoms with E-state index in [-0.39, 0.29) is 34.5 Å². The van der Waals surface area contributed by atoms with Crippen LogP contribution in [0.25, 0.3) is 0 Å². The van der Waals surface area contributed by atoms with Crippen molar-refractivity contribution in [3.63, 3.8) is 0 Å². The van der Waals surface area contributed by atoms with Crippen molar-refractivity contribution in [3.05, 3.63) is 58.1 Å². The number of ether oxygens (including phenoxy) is 1. The number of ketones is 2. The van der Waals surface area contributed by atoms with Crippen LogP contribution in [0.4, 0.5) is 0 Å². The van der Waals surface area contributed by atoms with Crippen molar-refractivity contribution in [2.45, 2.75) is 65.4 Å². The van der Waals surface area contributed by atoms with Crippen LogP contribution in [-0.4, -0.2) is 23.6 Å². The Labute approximate surface area is 200 Å². The highest BCUT2D eigenvalue weighted by Gasteiger charge is 2.59. The third-order valence-electron chi connectivity index (χ3n) is 9.19. The number of carbonyl (C=O) groups is 3. The van der Waals surface area contributed by atoms with Gasteiger partial charge in [-0.05, 0) is 104 Å². The molecular formula is C28H31ClO4. The van der Waals surface area contributed by atoms with Crippen LogP contribution in [0.1, 0.15) is 69.7 Å². The number of Topliss-reactive ketones (excluding diaryl/α,β-unsaturated/α-hetero) is 2. The number of allylic oxidation sites excluding steroid dienone is 3. The highest BCUT2D eigenvalue weighted by molar-refractivity contribution is 6.30. The van der Waals surface area contributed by atoms with E-state index in [0.29, 0.717) is 41.2 Å². The zero-order valence-electron chi connectivity index (χ0n) is 19.5. The molecule has 2 fully saturated rings. The molecule has 0 N–H and O–H groups in total. The predicted molar refractivity (Wildman–Crippen MR) is 127 cm³/mol. The van der Waals surface area contributed by atoms with Crippen LogP contribution in [0.2, 0.25) is 5.02 Å². The first-order valence-electron chi connectivity index (χ1n) is 12.1. The second-order valence-corrected chi connectivity index (χ2v) is 11.3. The summed E-state index contributed by atoms with van der Waals surface area (Å²) in [7, 11) is 0. The molecule has 5 heteroatoms. The Hall–Kier alpha value is -2.20. The van der Waals surface area contributed by atoms with Crippen molar-refractivity contribution in [3.8, 4) is 0 Å². The second-order valence-electron chi connectivity index (χ2n) is 10.9. The van der Waals surface area contributed by atoms with Crippen LogP contribution in [0.15, 0.2) is 47.6 Å². The van der Waals surface area contributed by atoms with Crippen molar-refractivity contribution < 1.29 is 19.1 Å². The number of benzene rings is 1. The standard InChI is InChI=1S/C28H31ClO4/c1-16(30)21-8-9-22-20-15-25(31)24-14-19(33-26(32)17-4-6-18(29)7-5-17)10-12-28(24,3)23(20)11-13-27(21,22)2/h4-8,14,19-20,22-23H,9-13,15H2,1-3H3/t19-,20-,22-,23-,27+,28+/m0/s1. The van der Waals surface area contributed by atoms with Gasteiger partial charge in [-0.3, -0.25) is 9.59 Å². The van der Waals surface area contributed by atoms with E-state index in [1.165, 1.54) is 0 Å². The summed E-state index contributed by atoms with van der Waals surface area (Å²) in [5.41, 5.74) is 2.00. The number of rotatable bonds is 3. The molecule has 2 saturated carbocycles. The smallest absolute Gasteiger partial charge is 0.338 e. The molecule has 0 amide bonds. The summed E-state index contributed by atoms with van der Waals surface area (Å²) in [6, 6.07) is 6.66. The molecule has 0 aromatic heterocycles. The Kier molecular flexibility index (Phi) is 5.43. The molecule has 33 heavy (non-hydrogen) atoms. The minimum Gasteiger partial charge on any atom is -0.455 e. The molecule has 4 aliphatic carbocycles. The number of hydrogen-bond donors (Lipinski definition) is 0. The summed E-state index contributed by atoms with van der Waals surface area (Å²) in [6.45, 7) is 6.15. The molecule has 0 saturated heterocycles. The van der Waals surface area contributed by atoms with E-state index in [4.69, 9.17) is 16.3 Å². The van der Waals surface area contributed by atoms with Crippen LogP contribution in [-0.2, 0) is 14.3 Å². The maximum atomic E-state index is 13.4. The monoisotopic (exact) mass is 466 g/mol. The van der Waals surface area contributed by atoms with Gasteiger partial charge in [0.05, 0.1) is 5.56 Å². The SMILES string of the molecule is CC(=O)C1=CC[C@H]2[C@@H]3CC(=O)C4=C[C@@H](OC(=O)c5ccc(Cl)cc5)CC[C@]4(C)[C@H]3CC[C@]12C. The fourth-order valence-corrected chi connectivity index (χ4v) is 7.64. The van der Waals surface area contributed by atoms with Crippen molar-refractivity contribution >= 4 is 29.1 Å². The van der Waals surface area contributed by atoms with Gasteiger partial charge in [-0.1, -0.05) is 31.5 Å². The summed E-state index contributed by atoms with van der Waals surface area (Å²) in [6.07, 6.45) is 8.69. The average Bonchev–Trinajstić information content (AvgIpc) is 3.13. The largest absolute Gasteiger partial charge is 0.455 e. The Morgan fingerprint density at radius 3 is 2.42 bits per heavy atom. The van der Waals surface area contributed by atoms with Crippen LogP contribution < -0.4 is 0 Å². The zero-order chi connectivity index (χ0) is 23.5. The predicted octanol–water partition coefficient (Wildman–Crippen LogP) is 6.13. The Bertz CT molecular complexity index is 1080. The number of esters is 1. The summed E-state index contributed by atoms with van der Waals surface area (Å²) < 4.78 is 5.76. The maximum absolute atomic E-state index is 13.4. The fraction of sp³-hybridized carbons (Fsp3) is 0.536. The molecule has 0 radical (unpaired) electrons. The molecule has 4 aliphatic rings. The van der Waals surface area contributed by atoms with E-state index in [2.05, 4.69) is 19.9 Å². The van der Waals surface area contributed by atoms with Gasteiger partial charge < -0.3 is 4.74 Å². The molecule has 0 spiro atoms. The van der Waals surface area contributed by atoms with Gasteiger partial charge in [0.2, 0.25) is 0 Å². The first kappa shape index (κ1) is 22.6. The van der Waals surface area contributed by atoms with Gasteiger partial charge in [0.15, 0.2) is 11.6 Å². The Morgan fingerprint density at radius 1 is 1.03 bits per heavy atom. The van der Waals surface area contributed by atoms with Crippen LogP contribution in [0.3, 0.4) is 0 Å². The number of hydrogen-bond acceptors (Lipinski definition) is 4. The highest BCUT2D eigenvalue weighted by atomic mass is 35.5. The van der Waals surface area contributed by atoms with Crippen LogP contribution in [0, 0.1) is 28.6 Å². The molecule has 0 unspecified atom stereocenters. The van der Waals surface area contributed by atoms with E-state index in [1.54, 1.807) is 31.2 Å². The first-order chi connectivity index (χ1) is 15.6. The average molecular weight is 467 g/mol. The maximum Gasteiger partial charge on any atom is 0.338 e. The van der Waals surface area contributed by atoms with Gasteiger partial charge in [0.25, 0.3) is 0 Å². The lowest BCUT2D eigenvalue weighted by molar-refractivity contribution is -0.128. The van der Waals surface area contributed by atoms with Gasteiger partial charge in [0.1, 0.15) is 6.10 Å². The van der Waals surface area contributed by atoms with Crippen molar-refractivity contribution in [2.24, 2.45) is 28.6 Å². The summed E-state index contributed by atoms with van der Waals surface area (Å²) in [5, 5.41) is 0.570. The minimum absolute atomic E-state index is 0.101. The zero-order valence-corrected chi connectivity index (χ0v) is 20.3. The van der Waals surface area contributed by atoms with E-state index >= 15 is 0 Å². The number of carbonyl (C=O) groups excluding carboxylic acids is 3. The molecule has 0 bridgehead atoms. The quantitative estimate of drug-likeness (QED) is 0.502.